The highest BCUT2D eigenvalue weighted by atomic mass is 16.4. The van der Waals surface area contributed by atoms with Gasteiger partial charge in [-0.15, -0.1) is 0 Å². The molecule has 0 atom stereocenters. The van der Waals surface area contributed by atoms with Gasteiger partial charge in [-0.05, 0) is 36.2 Å². The van der Waals surface area contributed by atoms with E-state index in [0.717, 1.165) is 11.3 Å². The smallest absolute Gasteiger partial charge is 0.335 e. The van der Waals surface area contributed by atoms with Crippen molar-refractivity contribution in [2.24, 2.45) is 0 Å². The van der Waals surface area contributed by atoms with Gasteiger partial charge in [0.15, 0.2) is 0 Å². The van der Waals surface area contributed by atoms with Crippen molar-refractivity contribution in [2.45, 2.75) is 6.42 Å². The maximum atomic E-state index is 12.4. The maximum absolute atomic E-state index is 12.4. The Labute approximate surface area is 119 Å². The summed E-state index contributed by atoms with van der Waals surface area (Å²) < 4.78 is 0. The number of amides is 1. The molecule has 0 unspecified atom stereocenters. The minimum atomic E-state index is -0.983. The van der Waals surface area contributed by atoms with Crippen molar-refractivity contribution in [1.82, 2.24) is 4.98 Å². The van der Waals surface area contributed by atoms with E-state index >= 15 is 0 Å². The second-order valence-corrected chi connectivity index (χ2v) is 4.80. The molecule has 0 saturated carbocycles. The van der Waals surface area contributed by atoms with Crippen LogP contribution in [-0.2, 0) is 6.42 Å². The zero-order chi connectivity index (χ0) is 15.0. The topological polar surface area (TPSA) is 90.5 Å². The minimum Gasteiger partial charge on any atom is -0.478 e. The first-order chi connectivity index (χ1) is 10.1. The lowest BCUT2D eigenvalue weighted by atomic mass is 10.1. The van der Waals surface area contributed by atoms with E-state index in [1.165, 1.54) is 24.4 Å². The summed E-state index contributed by atoms with van der Waals surface area (Å²) in [6.45, 7) is 0.496. The molecular weight excluding hydrogens is 272 g/mol. The monoisotopic (exact) mass is 284 g/mol. The van der Waals surface area contributed by atoms with Crippen LogP contribution in [0.3, 0.4) is 0 Å². The Morgan fingerprint density at radius 2 is 1.90 bits per heavy atom. The highest BCUT2D eigenvalue weighted by Gasteiger charge is 2.26. The quantitative estimate of drug-likeness (QED) is 0.869. The first-order valence-corrected chi connectivity index (χ1v) is 6.43. The van der Waals surface area contributed by atoms with Crippen molar-refractivity contribution in [3.05, 3.63) is 63.6 Å². The van der Waals surface area contributed by atoms with E-state index in [0.29, 0.717) is 18.5 Å². The molecule has 0 saturated heterocycles. The van der Waals surface area contributed by atoms with Crippen molar-refractivity contribution >= 4 is 17.6 Å². The van der Waals surface area contributed by atoms with E-state index < -0.39 is 5.97 Å². The van der Waals surface area contributed by atoms with Gasteiger partial charge in [-0.1, -0.05) is 0 Å². The van der Waals surface area contributed by atoms with Crippen LogP contribution in [0.5, 0.6) is 0 Å². The van der Waals surface area contributed by atoms with Gasteiger partial charge in [-0.25, -0.2) is 4.79 Å². The Morgan fingerprint density at radius 1 is 1.14 bits per heavy atom. The van der Waals surface area contributed by atoms with E-state index in [1.807, 2.05) is 0 Å². The van der Waals surface area contributed by atoms with Gasteiger partial charge in [0.2, 0.25) is 5.56 Å². The number of rotatable bonds is 2. The third kappa shape index (κ3) is 2.31. The fraction of sp³-hybridized carbons (Fsp3) is 0.133. The molecule has 1 aliphatic heterocycles. The van der Waals surface area contributed by atoms with Crippen LogP contribution in [0.2, 0.25) is 0 Å². The number of nitrogens with one attached hydrogen (secondary N) is 1. The van der Waals surface area contributed by atoms with Crippen LogP contribution in [0.25, 0.3) is 0 Å². The number of pyridine rings is 1. The van der Waals surface area contributed by atoms with Gasteiger partial charge in [0.1, 0.15) is 0 Å². The summed E-state index contributed by atoms with van der Waals surface area (Å²) in [5, 5.41) is 8.98. The number of aromatic amines is 1. The van der Waals surface area contributed by atoms with E-state index in [-0.39, 0.29) is 17.0 Å². The number of carbonyl (C=O) groups excluding carboxylic acids is 1. The Bertz CT molecular complexity index is 774. The van der Waals surface area contributed by atoms with Gasteiger partial charge < -0.3 is 15.0 Å². The highest BCUT2D eigenvalue weighted by molar-refractivity contribution is 6.07. The van der Waals surface area contributed by atoms with Gasteiger partial charge >= 0.3 is 5.97 Å². The largest absolute Gasteiger partial charge is 0.478 e. The molecule has 1 aromatic carbocycles. The number of aromatic nitrogens is 1. The predicted molar refractivity (Wildman–Crippen MR) is 75.8 cm³/mol. The molecule has 6 heteroatoms. The standard InChI is InChI=1S/C15H12N2O4/c18-13-4-2-11(8-16-13)14(19)17-6-5-9-7-10(15(20)21)1-3-12(9)17/h1-4,7-8H,5-6H2,(H,16,18)(H,20,21). The first kappa shape index (κ1) is 13.1. The Hall–Kier alpha value is -2.89. The van der Waals surface area contributed by atoms with Crippen molar-refractivity contribution in [1.29, 1.82) is 0 Å². The number of hydrogen-bond donors (Lipinski definition) is 2. The number of fused-ring (bicyclic) bond motifs is 1. The fourth-order valence-electron chi connectivity index (χ4n) is 2.45. The van der Waals surface area contributed by atoms with Gasteiger partial charge in [0, 0.05) is 24.5 Å². The zero-order valence-corrected chi connectivity index (χ0v) is 11.0. The number of benzene rings is 1. The summed E-state index contributed by atoms with van der Waals surface area (Å²) in [4.78, 5) is 38.5. The van der Waals surface area contributed by atoms with Crippen LogP contribution >= 0.6 is 0 Å². The molecule has 2 aromatic rings. The molecule has 1 aromatic heterocycles. The van der Waals surface area contributed by atoms with Crippen molar-refractivity contribution in [3.63, 3.8) is 0 Å². The van der Waals surface area contributed by atoms with Crippen LogP contribution in [0.4, 0.5) is 5.69 Å². The lowest BCUT2D eigenvalue weighted by Crippen LogP contribution is -2.29. The number of hydrogen-bond acceptors (Lipinski definition) is 3. The number of anilines is 1. The first-order valence-electron chi connectivity index (χ1n) is 6.43. The molecule has 3 rings (SSSR count). The predicted octanol–water partition coefficient (Wildman–Crippen LogP) is 1.28. The lowest BCUT2D eigenvalue weighted by Gasteiger charge is -2.17. The van der Waals surface area contributed by atoms with E-state index in [1.54, 1.807) is 17.0 Å². The molecule has 6 nitrogen and oxygen atoms in total. The summed E-state index contributed by atoms with van der Waals surface area (Å²) in [6.07, 6.45) is 2.00. The number of carbonyl (C=O) groups is 2. The molecule has 0 fully saturated rings. The minimum absolute atomic E-state index is 0.215. The number of H-pyrrole nitrogens is 1. The molecule has 0 bridgehead atoms. The van der Waals surface area contributed by atoms with E-state index in [9.17, 15) is 14.4 Å². The van der Waals surface area contributed by atoms with E-state index in [4.69, 9.17) is 5.11 Å². The summed E-state index contributed by atoms with van der Waals surface area (Å²) in [7, 11) is 0. The Balaban J connectivity index is 1.93. The molecule has 106 valence electrons. The second kappa shape index (κ2) is 4.90. The number of carboxylic acids is 1. The highest BCUT2D eigenvalue weighted by Crippen LogP contribution is 2.30. The van der Waals surface area contributed by atoms with Crippen LogP contribution in [0, 0.1) is 0 Å². The summed E-state index contributed by atoms with van der Waals surface area (Å²) >= 11 is 0. The lowest BCUT2D eigenvalue weighted by molar-refractivity contribution is 0.0696. The SMILES string of the molecule is O=C(O)c1ccc2c(c1)CCN2C(=O)c1ccc(=O)[nH]c1. The normalized spacial score (nSPS) is 13.0. The Morgan fingerprint density at radius 3 is 2.57 bits per heavy atom. The molecule has 2 heterocycles. The third-order valence-corrected chi connectivity index (χ3v) is 3.50. The average molecular weight is 284 g/mol. The molecule has 0 radical (unpaired) electrons. The molecular formula is C15H12N2O4. The second-order valence-electron chi connectivity index (χ2n) is 4.80. The molecule has 0 spiro atoms. The number of nitrogens with zero attached hydrogens (tertiary/aromatic N) is 1. The number of carboxylic acid groups (broad SMARTS) is 1. The van der Waals surface area contributed by atoms with Crippen LogP contribution in [0.15, 0.2) is 41.3 Å². The molecule has 1 amide bonds. The fourth-order valence-corrected chi connectivity index (χ4v) is 2.45. The average Bonchev–Trinajstić information content (AvgIpc) is 2.90. The molecule has 0 aliphatic carbocycles. The molecule has 2 N–H and O–H groups in total. The van der Waals surface area contributed by atoms with Crippen molar-refractivity contribution < 1.29 is 14.7 Å². The van der Waals surface area contributed by atoms with E-state index in [2.05, 4.69) is 4.98 Å². The van der Waals surface area contributed by atoms with Gasteiger partial charge in [0.05, 0.1) is 11.1 Å². The van der Waals surface area contributed by atoms with Crippen molar-refractivity contribution in [2.75, 3.05) is 11.4 Å². The van der Waals surface area contributed by atoms with Crippen LogP contribution < -0.4 is 10.5 Å². The van der Waals surface area contributed by atoms with Gasteiger partial charge in [-0.3, -0.25) is 9.59 Å². The third-order valence-electron chi connectivity index (χ3n) is 3.50. The maximum Gasteiger partial charge on any atom is 0.335 e. The molecule has 1 aliphatic rings. The van der Waals surface area contributed by atoms with Gasteiger partial charge in [0.25, 0.3) is 5.91 Å². The summed E-state index contributed by atoms with van der Waals surface area (Å²) in [5.74, 6) is -1.20. The Kier molecular flexibility index (Phi) is 3.06. The summed E-state index contributed by atoms with van der Waals surface area (Å²) in [6, 6.07) is 7.51. The van der Waals surface area contributed by atoms with Crippen molar-refractivity contribution in [3.8, 4) is 0 Å². The zero-order valence-electron chi connectivity index (χ0n) is 11.0. The molecule has 21 heavy (non-hydrogen) atoms. The summed E-state index contributed by atoms with van der Waals surface area (Å²) in [5.41, 5.74) is 1.90. The van der Waals surface area contributed by atoms with Crippen LogP contribution in [0.1, 0.15) is 26.3 Å². The number of aromatic carboxylic acids is 1. The van der Waals surface area contributed by atoms with Gasteiger partial charge in [-0.2, -0.15) is 0 Å². The van der Waals surface area contributed by atoms with Crippen LogP contribution in [-0.4, -0.2) is 28.5 Å².